The molecule has 0 aromatic carbocycles. The van der Waals surface area contributed by atoms with E-state index in [1.807, 2.05) is 0 Å². The van der Waals surface area contributed by atoms with Gasteiger partial charge in [0.05, 0.1) is 12.8 Å². The lowest BCUT2D eigenvalue weighted by Gasteiger charge is -2.25. The zero-order valence-electron chi connectivity index (χ0n) is 12.9. The molecule has 1 saturated carbocycles. The zero-order valence-corrected chi connectivity index (χ0v) is 12.9. The lowest BCUT2D eigenvalue weighted by atomic mass is 10.0. The number of urea groups is 1. The van der Waals surface area contributed by atoms with Gasteiger partial charge in [-0.05, 0) is 45.9 Å². The second-order valence-corrected chi connectivity index (χ2v) is 6.06. The van der Waals surface area contributed by atoms with Crippen LogP contribution in [0.15, 0.2) is 22.8 Å². The molecule has 2 unspecified atom stereocenters. The molecule has 1 fully saturated rings. The summed E-state index contributed by atoms with van der Waals surface area (Å²) in [6.45, 7) is 4.38. The quantitative estimate of drug-likeness (QED) is 0.708. The fourth-order valence-corrected chi connectivity index (χ4v) is 2.21. The van der Waals surface area contributed by atoms with Crippen molar-refractivity contribution in [3.63, 3.8) is 0 Å². The van der Waals surface area contributed by atoms with E-state index in [2.05, 4.69) is 29.5 Å². The summed E-state index contributed by atoms with van der Waals surface area (Å²) in [4.78, 5) is 14.1. The van der Waals surface area contributed by atoms with Gasteiger partial charge in [0.15, 0.2) is 0 Å². The standard InChI is InChI=1S/C15H25N3O3/c1-11(18(3)12-6-7-12)9-16-14(19)17-10-15(2,20)13-5-4-8-21-13/h4-5,8,11-12,20H,6-7,9-10H2,1-3H3,(H2,16,17,19). The van der Waals surface area contributed by atoms with Gasteiger partial charge in [0.25, 0.3) is 0 Å². The van der Waals surface area contributed by atoms with E-state index in [1.54, 1.807) is 19.1 Å². The summed E-state index contributed by atoms with van der Waals surface area (Å²) < 4.78 is 5.17. The molecular formula is C15H25N3O3. The minimum absolute atomic E-state index is 0.0964. The number of nitrogens with zero attached hydrogens (tertiary/aromatic N) is 1. The highest BCUT2D eigenvalue weighted by atomic mass is 16.4. The van der Waals surface area contributed by atoms with Crippen LogP contribution in [0.3, 0.4) is 0 Å². The third-order valence-corrected chi connectivity index (χ3v) is 4.02. The van der Waals surface area contributed by atoms with Crippen LogP contribution in [0.2, 0.25) is 0 Å². The van der Waals surface area contributed by atoms with Crippen LogP contribution in [0.5, 0.6) is 0 Å². The highest BCUT2D eigenvalue weighted by Crippen LogP contribution is 2.26. The van der Waals surface area contributed by atoms with Gasteiger partial charge in [-0.2, -0.15) is 0 Å². The fraction of sp³-hybridized carbons (Fsp3) is 0.667. The van der Waals surface area contributed by atoms with Gasteiger partial charge in [-0.15, -0.1) is 0 Å². The molecular weight excluding hydrogens is 270 g/mol. The monoisotopic (exact) mass is 295 g/mol. The third-order valence-electron chi connectivity index (χ3n) is 4.02. The molecule has 0 bridgehead atoms. The van der Waals surface area contributed by atoms with E-state index in [4.69, 9.17) is 4.42 Å². The van der Waals surface area contributed by atoms with E-state index in [-0.39, 0.29) is 12.6 Å². The van der Waals surface area contributed by atoms with Crippen molar-refractivity contribution in [2.45, 2.75) is 44.4 Å². The van der Waals surface area contributed by atoms with Crippen molar-refractivity contribution < 1.29 is 14.3 Å². The summed E-state index contributed by atoms with van der Waals surface area (Å²) in [6, 6.07) is 4.09. The van der Waals surface area contributed by atoms with Crippen LogP contribution in [0.4, 0.5) is 4.79 Å². The maximum Gasteiger partial charge on any atom is 0.314 e. The Bertz CT molecular complexity index is 455. The van der Waals surface area contributed by atoms with Crippen molar-refractivity contribution in [3.05, 3.63) is 24.2 Å². The van der Waals surface area contributed by atoms with Crippen molar-refractivity contribution in [2.75, 3.05) is 20.1 Å². The van der Waals surface area contributed by atoms with Gasteiger partial charge in [0.2, 0.25) is 0 Å². The topological polar surface area (TPSA) is 77.7 Å². The summed E-state index contributed by atoms with van der Waals surface area (Å²) in [5.41, 5.74) is -1.21. The lowest BCUT2D eigenvalue weighted by Crippen LogP contribution is -2.47. The van der Waals surface area contributed by atoms with Crippen molar-refractivity contribution in [2.24, 2.45) is 0 Å². The number of carbonyl (C=O) groups excluding carboxylic acids is 1. The summed E-state index contributed by atoms with van der Waals surface area (Å²) in [5, 5.41) is 15.7. The van der Waals surface area contributed by atoms with E-state index in [1.165, 1.54) is 19.1 Å². The first kappa shape index (κ1) is 15.9. The molecule has 0 radical (unpaired) electrons. The highest BCUT2D eigenvalue weighted by Gasteiger charge is 2.29. The Labute approximate surface area is 125 Å². The number of carbonyl (C=O) groups is 1. The Hall–Kier alpha value is -1.53. The number of hydrogen-bond donors (Lipinski definition) is 3. The first-order valence-electron chi connectivity index (χ1n) is 7.40. The SMILES string of the molecule is CC(CNC(=O)NCC(C)(O)c1ccco1)N(C)C1CC1. The van der Waals surface area contributed by atoms with Gasteiger partial charge in [0, 0.05) is 18.6 Å². The second-order valence-electron chi connectivity index (χ2n) is 6.06. The molecule has 1 aliphatic rings. The average molecular weight is 295 g/mol. The second kappa shape index (κ2) is 6.49. The molecule has 2 atom stereocenters. The maximum absolute atomic E-state index is 11.8. The minimum Gasteiger partial charge on any atom is -0.466 e. The number of nitrogens with one attached hydrogen (secondary N) is 2. The number of hydrogen-bond acceptors (Lipinski definition) is 4. The van der Waals surface area contributed by atoms with Gasteiger partial charge in [-0.25, -0.2) is 4.79 Å². The Morgan fingerprint density at radius 2 is 2.29 bits per heavy atom. The predicted octanol–water partition coefficient (Wildman–Crippen LogP) is 1.27. The van der Waals surface area contributed by atoms with E-state index in [0.29, 0.717) is 24.4 Å². The maximum atomic E-state index is 11.8. The van der Waals surface area contributed by atoms with E-state index < -0.39 is 5.60 Å². The number of furan rings is 1. The zero-order chi connectivity index (χ0) is 15.5. The van der Waals surface area contributed by atoms with Crippen molar-refractivity contribution in [1.82, 2.24) is 15.5 Å². The van der Waals surface area contributed by atoms with Gasteiger partial charge in [-0.1, -0.05) is 0 Å². The normalized spacial score (nSPS) is 19.1. The van der Waals surface area contributed by atoms with Crippen LogP contribution in [0, 0.1) is 0 Å². The van der Waals surface area contributed by atoms with Crippen molar-refractivity contribution in [3.8, 4) is 0 Å². The fourth-order valence-electron chi connectivity index (χ4n) is 2.21. The summed E-state index contributed by atoms with van der Waals surface area (Å²) in [5.74, 6) is 0.435. The third kappa shape index (κ3) is 4.47. The van der Waals surface area contributed by atoms with Gasteiger partial charge in [-0.3, -0.25) is 4.90 Å². The van der Waals surface area contributed by atoms with Crippen LogP contribution in [0.1, 0.15) is 32.4 Å². The summed E-state index contributed by atoms with van der Waals surface area (Å²) >= 11 is 0. The first-order valence-corrected chi connectivity index (χ1v) is 7.40. The first-order chi connectivity index (χ1) is 9.90. The molecule has 3 N–H and O–H groups in total. The van der Waals surface area contributed by atoms with Gasteiger partial charge >= 0.3 is 6.03 Å². The molecule has 1 heterocycles. The minimum atomic E-state index is -1.21. The molecule has 0 saturated heterocycles. The van der Waals surface area contributed by atoms with Crippen molar-refractivity contribution >= 4 is 6.03 Å². The summed E-state index contributed by atoms with van der Waals surface area (Å²) in [7, 11) is 2.09. The molecule has 21 heavy (non-hydrogen) atoms. The smallest absolute Gasteiger partial charge is 0.314 e. The molecule has 0 aliphatic heterocycles. The Kier molecular flexibility index (Phi) is 4.90. The lowest BCUT2D eigenvalue weighted by molar-refractivity contribution is 0.0367. The number of likely N-dealkylation sites (N-methyl/N-ethyl adjacent to an activating group) is 1. The van der Waals surface area contributed by atoms with Crippen LogP contribution in [-0.4, -0.2) is 48.3 Å². The largest absolute Gasteiger partial charge is 0.466 e. The Balaban J connectivity index is 1.69. The molecule has 6 nitrogen and oxygen atoms in total. The molecule has 118 valence electrons. The molecule has 1 aromatic heterocycles. The molecule has 1 aromatic rings. The molecule has 6 heteroatoms. The molecule has 2 rings (SSSR count). The molecule has 2 amide bonds. The molecule has 0 spiro atoms. The average Bonchev–Trinajstić information content (AvgIpc) is 3.15. The van der Waals surface area contributed by atoms with Crippen LogP contribution >= 0.6 is 0 Å². The Morgan fingerprint density at radius 3 is 2.86 bits per heavy atom. The highest BCUT2D eigenvalue weighted by molar-refractivity contribution is 5.73. The van der Waals surface area contributed by atoms with E-state index in [0.717, 1.165) is 0 Å². The summed E-state index contributed by atoms with van der Waals surface area (Å²) in [6.07, 6.45) is 4.00. The van der Waals surface area contributed by atoms with Gasteiger partial charge < -0.3 is 20.2 Å². The van der Waals surface area contributed by atoms with Gasteiger partial charge in [0.1, 0.15) is 11.4 Å². The van der Waals surface area contributed by atoms with Crippen LogP contribution in [0.25, 0.3) is 0 Å². The number of aliphatic hydroxyl groups is 1. The van der Waals surface area contributed by atoms with Crippen LogP contribution < -0.4 is 10.6 Å². The van der Waals surface area contributed by atoms with Crippen molar-refractivity contribution in [1.29, 1.82) is 0 Å². The Morgan fingerprint density at radius 1 is 1.57 bits per heavy atom. The predicted molar refractivity (Wildman–Crippen MR) is 79.9 cm³/mol. The molecule has 1 aliphatic carbocycles. The van der Waals surface area contributed by atoms with E-state index in [9.17, 15) is 9.90 Å². The van der Waals surface area contributed by atoms with E-state index >= 15 is 0 Å². The van der Waals surface area contributed by atoms with Crippen LogP contribution in [-0.2, 0) is 5.60 Å². The number of rotatable bonds is 7. The number of amides is 2.